The minimum atomic E-state index is -0.438. The van der Waals surface area contributed by atoms with Crippen LogP contribution in [0.1, 0.15) is 5.56 Å². The molecule has 16 heavy (non-hydrogen) atoms. The van der Waals surface area contributed by atoms with Crippen LogP contribution >= 0.6 is 0 Å². The summed E-state index contributed by atoms with van der Waals surface area (Å²) in [5.41, 5.74) is 1.09. The van der Waals surface area contributed by atoms with Crippen molar-refractivity contribution in [1.29, 1.82) is 0 Å². The maximum atomic E-state index is 11.5. The number of ether oxygens (including phenoxy) is 3. The van der Waals surface area contributed by atoms with Crippen molar-refractivity contribution in [3.63, 3.8) is 0 Å². The van der Waals surface area contributed by atoms with Crippen molar-refractivity contribution in [3.05, 3.63) is 36.1 Å². The molecular weight excluding hydrogens is 208 g/mol. The molecule has 0 atom stereocenters. The first-order valence-corrected chi connectivity index (χ1v) is 4.68. The van der Waals surface area contributed by atoms with Gasteiger partial charge in [0.25, 0.3) is 0 Å². The summed E-state index contributed by atoms with van der Waals surface area (Å²) in [6, 6.07) is 7.06. The number of carbonyl (C=O) groups excluding carboxylic acids is 1. The van der Waals surface area contributed by atoms with Crippen molar-refractivity contribution in [3.8, 4) is 5.75 Å². The minimum Gasteiger partial charge on any atom is -0.503 e. The molecule has 0 amide bonds. The van der Waals surface area contributed by atoms with Crippen molar-refractivity contribution >= 4 is 11.5 Å². The quantitative estimate of drug-likeness (QED) is 0.443. The zero-order valence-corrected chi connectivity index (χ0v) is 9.52. The average Bonchev–Trinajstić information content (AvgIpc) is 2.35. The molecule has 1 rings (SSSR count). The van der Waals surface area contributed by atoms with Gasteiger partial charge < -0.3 is 14.2 Å². The molecule has 0 saturated heterocycles. The van der Waals surface area contributed by atoms with Crippen molar-refractivity contribution in [2.45, 2.75) is 0 Å². The standard InChI is InChI=1S/C12H14O4/c1-14-8-11(12(13)16-3)9-4-6-10(15-2)7-5-9/h4-8H,1-3H3/b11-8+. The van der Waals surface area contributed by atoms with E-state index in [4.69, 9.17) is 9.47 Å². The molecule has 86 valence electrons. The minimum absolute atomic E-state index is 0.368. The SMILES string of the molecule is CO/C=C(/C(=O)OC)c1ccc(OC)cc1. The first kappa shape index (κ1) is 12.1. The zero-order valence-electron chi connectivity index (χ0n) is 9.52. The van der Waals surface area contributed by atoms with Gasteiger partial charge >= 0.3 is 5.97 Å². The lowest BCUT2D eigenvalue weighted by Crippen LogP contribution is -2.04. The van der Waals surface area contributed by atoms with Gasteiger partial charge in [-0.05, 0) is 17.7 Å². The Hall–Kier alpha value is -1.97. The predicted octanol–water partition coefficient (Wildman–Crippen LogP) is 1.86. The monoisotopic (exact) mass is 222 g/mol. The molecule has 0 aliphatic rings. The summed E-state index contributed by atoms with van der Waals surface area (Å²) in [5.74, 6) is 0.289. The fraction of sp³-hybridized carbons (Fsp3) is 0.250. The lowest BCUT2D eigenvalue weighted by molar-refractivity contribution is -0.133. The normalized spacial score (nSPS) is 10.8. The van der Waals surface area contributed by atoms with E-state index in [1.165, 1.54) is 20.5 Å². The summed E-state index contributed by atoms with van der Waals surface area (Å²) >= 11 is 0. The number of hydrogen-bond acceptors (Lipinski definition) is 4. The number of rotatable bonds is 4. The number of esters is 1. The van der Waals surface area contributed by atoms with Crippen LogP contribution in [0.5, 0.6) is 5.75 Å². The molecule has 0 saturated carbocycles. The molecule has 0 fully saturated rings. The molecule has 0 aliphatic carbocycles. The smallest absolute Gasteiger partial charge is 0.341 e. The number of benzene rings is 1. The van der Waals surface area contributed by atoms with E-state index in [0.717, 1.165) is 11.3 Å². The third kappa shape index (κ3) is 2.76. The molecule has 0 unspecified atom stereocenters. The molecule has 0 radical (unpaired) electrons. The van der Waals surface area contributed by atoms with Gasteiger partial charge in [0.05, 0.1) is 27.6 Å². The summed E-state index contributed by atoms with van der Waals surface area (Å²) in [6.07, 6.45) is 1.35. The van der Waals surface area contributed by atoms with E-state index < -0.39 is 5.97 Å². The second-order valence-corrected chi connectivity index (χ2v) is 2.99. The summed E-state index contributed by atoms with van der Waals surface area (Å²) in [4.78, 5) is 11.5. The highest BCUT2D eigenvalue weighted by Crippen LogP contribution is 2.19. The van der Waals surface area contributed by atoms with Gasteiger partial charge in [0.15, 0.2) is 0 Å². The number of hydrogen-bond donors (Lipinski definition) is 0. The first-order valence-electron chi connectivity index (χ1n) is 4.68. The predicted molar refractivity (Wildman–Crippen MR) is 60.0 cm³/mol. The Balaban J connectivity index is 3.02. The summed E-state index contributed by atoms with van der Waals surface area (Å²) in [6.45, 7) is 0. The molecule has 1 aromatic rings. The maximum Gasteiger partial charge on any atom is 0.341 e. The van der Waals surface area contributed by atoms with Crippen LogP contribution < -0.4 is 4.74 Å². The van der Waals surface area contributed by atoms with E-state index in [0.29, 0.717) is 5.57 Å². The van der Waals surface area contributed by atoms with Crippen LogP contribution in [0.15, 0.2) is 30.5 Å². The highest BCUT2D eigenvalue weighted by Gasteiger charge is 2.12. The fourth-order valence-electron chi connectivity index (χ4n) is 1.23. The van der Waals surface area contributed by atoms with Crippen LogP contribution in [-0.4, -0.2) is 27.3 Å². The fourth-order valence-corrected chi connectivity index (χ4v) is 1.23. The van der Waals surface area contributed by atoms with Gasteiger partial charge in [-0.3, -0.25) is 0 Å². The Bertz CT molecular complexity index is 379. The molecule has 0 N–H and O–H groups in total. The topological polar surface area (TPSA) is 44.8 Å². The molecule has 0 bridgehead atoms. The molecule has 1 aromatic carbocycles. The molecule has 0 aromatic heterocycles. The highest BCUT2D eigenvalue weighted by molar-refractivity contribution is 6.16. The van der Waals surface area contributed by atoms with Gasteiger partial charge in [-0.2, -0.15) is 0 Å². The molecule has 0 aliphatic heterocycles. The van der Waals surface area contributed by atoms with Crippen molar-refractivity contribution in [2.75, 3.05) is 21.3 Å². The maximum absolute atomic E-state index is 11.5. The van der Waals surface area contributed by atoms with Crippen molar-refractivity contribution < 1.29 is 19.0 Å². The van der Waals surface area contributed by atoms with Crippen LogP contribution in [-0.2, 0) is 14.3 Å². The van der Waals surface area contributed by atoms with Crippen molar-refractivity contribution in [2.24, 2.45) is 0 Å². The average molecular weight is 222 g/mol. The van der Waals surface area contributed by atoms with Crippen LogP contribution in [0, 0.1) is 0 Å². The molecular formula is C12H14O4. The third-order valence-corrected chi connectivity index (χ3v) is 2.04. The Morgan fingerprint density at radius 3 is 2.19 bits per heavy atom. The molecule has 0 heterocycles. The second kappa shape index (κ2) is 5.80. The Labute approximate surface area is 94.4 Å². The Kier molecular flexibility index (Phi) is 4.39. The van der Waals surface area contributed by atoms with Gasteiger partial charge in [0.2, 0.25) is 0 Å². The third-order valence-electron chi connectivity index (χ3n) is 2.04. The molecule has 4 nitrogen and oxygen atoms in total. The van der Waals surface area contributed by atoms with Gasteiger partial charge in [-0.15, -0.1) is 0 Å². The van der Waals surface area contributed by atoms with E-state index in [-0.39, 0.29) is 0 Å². The van der Waals surface area contributed by atoms with Crippen molar-refractivity contribution in [1.82, 2.24) is 0 Å². The number of methoxy groups -OCH3 is 3. The largest absolute Gasteiger partial charge is 0.503 e. The van der Waals surface area contributed by atoms with Crippen LogP contribution in [0.3, 0.4) is 0 Å². The lowest BCUT2D eigenvalue weighted by Gasteiger charge is -2.06. The van der Waals surface area contributed by atoms with E-state index in [2.05, 4.69) is 4.74 Å². The second-order valence-electron chi connectivity index (χ2n) is 2.99. The summed E-state index contributed by atoms with van der Waals surface area (Å²) in [5, 5.41) is 0. The van der Waals surface area contributed by atoms with E-state index >= 15 is 0 Å². The van der Waals surface area contributed by atoms with Gasteiger partial charge in [0.1, 0.15) is 11.3 Å². The van der Waals surface area contributed by atoms with E-state index in [1.807, 2.05) is 0 Å². The van der Waals surface area contributed by atoms with Gasteiger partial charge in [-0.25, -0.2) is 4.79 Å². The zero-order chi connectivity index (χ0) is 12.0. The molecule has 0 spiro atoms. The summed E-state index contributed by atoms with van der Waals surface area (Å²) in [7, 11) is 4.39. The van der Waals surface area contributed by atoms with Gasteiger partial charge in [-0.1, -0.05) is 12.1 Å². The van der Waals surface area contributed by atoms with E-state index in [1.54, 1.807) is 31.4 Å². The lowest BCUT2D eigenvalue weighted by atomic mass is 10.1. The highest BCUT2D eigenvalue weighted by atomic mass is 16.5. The Morgan fingerprint density at radius 2 is 1.75 bits per heavy atom. The first-order chi connectivity index (χ1) is 7.72. The van der Waals surface area contributed by atoms with Crippen LogP contribution in [0.2, 0.25) is 0 Å². The summed E-state index contributed by atoms with van der Waals surface area (Å²) < 4.78 is 14.5. The van der Waals surface area contributed by atoms with E-state index in [9.17, 15) is 4.79 Å². The molecule has 4 heteroatoms. The number of carbonyl (C=O) groups is 1. The van der Waals surface area contributed by atoms with Crippen LogP contribution in [0.4, 0.5) is 0 Å². The Morgan fingerprint density at radius 1 is 1.12 bits per heavy atom. The van der Waals surface area contributed by atoms with Gasteiger partial charge in [0, 0.05) is 0 Å². The van der Waals surface area contributed by atoms with Crippen LogP contribution in [0.25, 0.3) is 5.57 Å².